The smallest absolute Gasteiger partial charge is 0.395 e. The Hall–Kier alpha value is -10.7. The van der Waals surface area contributed by atoms with Crippen molar-refractivity contribution in [3.05, 3.63) is 196 Å². The van der Waals surface area contributed by atoms with Crippen LogP contribution in [0, 0.1) is 91.9 Å². The minimum absolute atomic E-state index is 0. The number of aliphatic imine (C=N–C) groups is 1. The molecule has 0 radical (unpaired) electrons. The average molecular weight is 1560 g/mol. The fourth-order valence-corrected chi connectivity index (χ4v) is 6.17. The maximum atomic E-state index is 14.1. The third kappa shape index (κ3) is 26.3. The highest BCUT2D eigenvalue weighted by atomic mass is 79.9. The van der Waals surface area contributed by atoms with Gasteiger partial charge in [0.05, 0.1) is 45.0 Å². The van der Waals surface area contributed by atoms with Crippen LogP contribution in [0.1, 0.15) is 33.6 Å². The number of allylic oxidation sites excluding steroid dienone is 2. The summed E-state index contributed by atoms with van der Waals surface area (Å²) < 4.78 is 259. The highest BCUT2D eigenvalue weighted by molar-refractivity contribution is 8.93. The summed E-state index contributed by atoms with van der Waals surface area (Å²) in [6, 6.07) is 8.36. The van der Waals surface area contributed by atoms with Crippen molar-refractivity contribution in [1.29, 1.82) is 21.0 Å². The van der Waals surface area contributed by atoms with Crippen LogP contribution in [0.5, 0.6) is 0 Å². The van der Waals surface area contributed by atoms with Gasteiger partial charge in [-0.2, -0.15) is 73.7 Å². The number of urea groups is 1. The fourth-order valence-electron chi connectivity index (χ4n) is 6.17. The van der Waals surface area contributed by atoms with E-state index in [9.17, 15) is 117 Å². The molecule has 0 spiro atoms. The molecule has 2 aromatic heterocycles. The van der Waals surface area contributed by atoms with Gasteiger partial charge >= 0.3 is 36.4 Å². The Bertz CT molecular complexity index is 4400. The van der Waals surface area contributed by atoms with Crippen molar-refractivity contribution < 1.29 is 102 Å². The van der Waals surface area contributed by atoms with Crippen molar-refractivity contribution in [3.63, 3.8) is 0 Å². The van der Waals surface area contributed by atoms with Crippen LogP contribution < -0.4 is 43.4 Å². The van der Waals surface area contributed by atoms with Crippen LogP contribution in [-0.4, -0.2) is 100 Å². The zero-order chi connectivity index (χ0) is 76.0. The molecule has 0 aliphatic heterocycles. The van der Waals surface area contributed by atoms with Gasteiger partial charge in [-0.1, -0.05) is 0 Å². The largest absolute Gasteiger partial charge is 0.433 e. The number of alkyl halides is 13. The minimum atomic E-state index is -5.07. The molecule has 532 valence electrons. The number of nitrogens with one attached hydrogen (secondary N) is 4. The number of anilines is 3. The standard InChI is InChI=1S/C14H11F5N4O2.C14H9F5N4O.C12H4F5N3O2.C11H6F5N3O.C2H3Cl2N.CH3Cl.BrH/c1-23(2)13(25)22-11(14(17,18)19)5-12(24)21-10-4-8(15)7(6-20)3-9(10)16;1-22(2)13-21-11(14(17,18)19)5-12(24)23(13)10-4-8(15)7(6-20)3-9(10)16;13-6-2-8(7(14)1-5(6)4-18)20-10(21)3-9(12(15,16)17)19-11(20)22;12-6-2-8(7(13)1-5(6)4-17)19-10(20)3-9(18)11(14,15)16;1-5-2(3)4;1-2;/h3-5H,1-2H3,(H,21,24)(H,22,25);3-5H,1-2H3;1-3H,(H,19,22);1-3H,18H2,(H,19,20);1H3;1H3;1H/b11-5-;;;9-3-;;;. The van der Waals surface area contributed by atoms with Crippen molar-refractivity contribution >= 4 is 91.6 Å². The van der Waals surface area contributed by atoms with Gasteiger partial charge in [0.1, 0.15) is 87.9 Å². The number of carbonyl (C=O) groups is 3. The van der Waals surface area contributed by atoms with Gasteiger partial charge in [0.25, 0.3) is 22.9 Å². The summed E-state index contributed by atoms with van der Waals surface area (Å²) in [5.74, 6) is -12.9. The summed E-state index contributed by atoms with van der Waals surface area (Å²) in [6.07, 6.45) is -18.4. The maximum Gasteiger partial charge on any atom is 0.433 e. The average Bonchev–Trinajstić information content (AvgIpc) is 0.780. The number of hydrogen-bond donors (Lipinski definition) is 5. The number of nitrogens with two attached hydrogens (primary N) is 1. The number of halogens is 24. The Morgan fingerprint density at radius 1 is 0.566 bits per heavy atom. The molecule has 2 heterocycles. The topological polar surface area (TPSA) is 317 Å². The molecular weight excluding hydrogens is 1520 g/mol. The molecular formula is C54H37BrCl3F20N15O6. The lowest BCUT2D eigenvalue weighted by molar-refractivity contribution is -0.142. The van der Waals surface area contributed by atoms with E-state index in [2.05, 4.69) is 27.3 Å². The van der Waals surface area contributed by atoms with Gasteiger partial charge < -0.3 is 36.5 Å². The highest BCUT2D eigenvalue weighted by Gasteiger charge is 2.38. The van der Waals surface area contributed by atoms with Gasteiger partial charge in [-0.25, -0.2) is 58.8 Å². The van der Waals surface area contributed by atoms with Crippen LogP contribution in [0.15, 0.2) is 104 Å². The molecule has 0 aliphatic carbocycles. The molecule has 0 aliphatic rings. The van der Waals surface area contributed by atoms with Crippen LogP contribution in [0.4, 0.5) is 110 Å². The summed E-state index contributed by atoms with van der Waals surface area (Å²) in [5.41, 5.74) is -11.8. The van der Waals surface area contributed by atoms with Crippen molar-refractivity contribution in [1.82, 2.24) is 29.3 Å². The number of nitriles is 4. The van der Waals surface area contributed by atoms with Gasteiger partial charge in [0, 0.05) is 90.2 Å². The zero-order valence-electron chi connectivity index (χ0n) is 49.5. The molecule has 0 saturated heterocycles. The van der Waals surface area contributed by atoms with E-state index in [0.29, 0.717) is 53.1 Å². The lowest BCUT2D eigenvalue weighted by Crippen LogP contribution is -2.39. The van der Waals surface area contributed by atoms with Crippen LogP contribution in [0.3, 0.4) is 0 Å². The van der Waals surface area contributed by atoms with Gasteiger partial charge in [-0.3, -0.25) is 24.2 Å². The van der Waals surface area contributed by atoms with Crippen LogP contribution >= 0.6 is 51.8 Å². The molecule has 0 unspecified atom stereocenters. The minimum Gasteiger partial charge on any atom is -0.395 e. The molecule has 45 heteroatoms. The predicted octanol–water partition coefficient (Wildman–Crippen LogP) is 11.7. The Morgan fingerprint density at radius 2 is 0.929 bits per heavy atom. The molecule has 21 nitrogen and oxygen atoms in total. The molecule has 4 aromatic carbocycles. The van der Waals surface area contributed by atoms with Gasteiger partial charge in [0.2, 0.25) is 5.95 Å². The second-order valence-corrected chi connectivity index (χ2v) is 18.6. The van der Waals surface area contributed by atoms with Gasteiger partial charge in [0.15, 0.2) is 10.3 Å². The molecule has 0 saturated carbocycles. The third-order valence-corrected chi connectivity index (χ3v) is 10.8. The zero-order valence-corrected chi connectivity index (χ0v) is 53.5. The molecule has 4 amide bonds. The number of aromatic nitrogens is 4. The van der Waals surface area contributed by atoms with E-state index < -0.39 is 180 Å². The number of amides is 4. The van der Waals surface area contributed by atoms with E-state index in [-0.39, 0.29) is 50.5 Å². The van der Waals surface area contributed by atoms with E-state index in [4.69, 9.17) is 44.2 Å². The van der Waals surface area contributed by atoms with E-state index >= 15 is 0 Å². The van der Waals surface area contributed by atoms with E-state index in [1.807, 2.05) is 0 Å². The van der Waals surface area contributed by atoms with E-state index in [1.165, 1.54) is 76.2 Å². The number of H-pyrrole nitrogens is 1. The predicted molar refractivity (Wildman–Crippen MR) is 317 cm³/mol. The molecule has 6 N–H and O–H groups in total. The molecule has 0 fully saturated rings. The normalized spacial score (nSPS) is 11.0. The number of carbonyl (C=O) groups excluding carboxylic acids is 3. The van der Waals surface area contributed by atoms with Gasteiger partial charge in [-0.05, 0) is 47.5 Å². The van der Waals surface area contributed by atoms with Crippen molar-refractivity contribution in [2.24, 2.45) is 10.7 Å². The Balaban J connectivity index is 0.00000125. The molecule has 0 atom stereocenters. The molecule has 0 bridgehead atoms. The highest BCUT2D eigenvalue weighted by Crippen LogP contribution is 2.31. The number of benzene rings is 4. The van der Waals surface area contributed by atoms with Crippen molar-refractivity contribution in [3.8, 4) is 35.7 Å². The van der Waals surface area contributed by atoms with Crippen molar-refractivity contribution in [2.45, 2.75) is 24.7 Å². The number of hydrogen-bond acceptors (Lipinski definition) is 14. The monoisotopic (exact) mass is 1560 g/mol. The van der Waals surface area contributed by atoms with E-state index in [0.717, 1.165) is 9.80 Å². The lowest BCUT2D eigenvalue weighted by atomic mass is 10.2. The fraction of sp³-hybridized carbons (Fsp3) is 0.185. The van der Waals surface area contributed by atoms with Crippen LogP contribution in [0.25, 0.3) is 11.4 Å². The third-order valence-electron chi connectivity index (χ3n) is 10.5. The summed E-state index contributed by atoms with van der Waals surface area (Å²) in [5, 5.41) is 39.0. The number of nitrogens with zero attached hydrogens (tertiary/aromatic N) is 10. The Kier molecular flexibility index (Phi) is 33.6. The maximum absolute atomic E-state index is 14.1. The lowest BCUT2D eigenvalue weighted by Gasteiger charge is -2.20. The second kappa shape index (κ2) is 37.7. The molecule has 6 aromatic rings. The van der Waals surface area contributed by atoms with Crippen LogP contribution in [-0.2, 0) is 21.9 Å². The molecule has 99 heavy (non-hydrogen) atoms. The summed E-state index contributed by atoms with van der Waals surface area (Å²) >= 11 is 14.6. The first-order valence-electron chi connectivity index (χ1n) is 24.6. The number of aromatic amines is 1. The second-order valence-electron chi connectivity index (χ2n) is 17.7. The Morgan fingerprint density at radius 3 is 1.25 bits per heavy atom. The van der Waals surface area contributed by atoms with Crippen molar-refractivity contribution in [2.75, 3.05) is 57.2 Å². The quantitative estimate of drug-likeness (QED) is 0.0410. The SMILES string of the molecule is Br.CCl.CN(C)C(=O)N/C(=C\C(=O)Nc1cc(F)c(C#N)cc1F)C(F)(F)F.CN(C)c1nc(C(F)(F)F)cc(=O)n1-c1cc(F)c(C#N)cc1F.CN=C(Cl)Cl.N#Cc1cc(F)c(-n2c(=O)cc(C(F)(F)F)[nH]c2=O)cc1F.N#Cc1cc(F)c(NC(=O)/C=C(\N)C(F)(F)F)cc1F. The summed E-state index contributed by atoms with van der Waals surface area (Å²) in [4.78, 5) is 79.2. The van der Waals surface area contributed by atoms with Gasteiger partial charge in [-0.15, -0.1) is 28.6 Å². The summed E-state index contributed by atoms with van der Waals surface area (Å²) in [7, 11) is 6.46. The number of rotatable bonds is 8. The first-order chi connectivity index (χ1) is 45.1. The summed E-state index contributed by atoms with van der Waals surface area (Å²) in [6.45, 7) is 0. The molecule has 6 rings (SSSR count). The first-order valence-corrected chi connectivity index (χ1v) is 26.1. The van der Waals surface area contributed by atoms with E-state index in [1.54, 1.807) is 10.6 Å². The van der Waals surface area contributed by atoms with Crippen LogP contribution in [0.2, 0.25) is 0 Å². The Labute approximate surface area is 565 Å². The first kappa shape index (κ1) is 88.3.